The average molecular weight is 365 g/mol. The lowest BCUT2D eigenvalue weighted by Crippen LogP contribution is -2.26. The second-order valence-corrected chi connectivity index (χ2v) is 6.24. The predicted octanol–water partition coefficient (Wildman–Crippen LogP) is 1.78. The molecular weight excluding hydrogens is 346 g/mol. The highest BCUT2D eigenvalue weighted by Crippen LogP contribution is 2.12. The molecule has 0 aliphatic heterocycles. The summed E-state index contributed by atoms with van der Waals surface area (Å²) in [4.78, 5) is 24.0. The smallest absolute Gasteiger partial charge is 0.408 e. The maximum absolute atomic E-state index is 12.0. The Hall–Kier alpha value is -3.42. The number of hydrogen-bond donors (Lipinski definition) is 1. The molecule has 8 nitrogen and oxygen atoms in total. The molecule has 0 bridgehead atoms. The molecule has 0 aliphatic rings. The molecule has 0 aliphatic carbocycles. The van der Waals surface area contributed by atoms with Crippen molar-refractivity contribution in [1.29, 1.82) is 0 Å². The molecule has 1 amide bonds. The maximum Gasteiger partial charge on any atom is 0.419 e. The van der Waals surface area contributed by atoms with Crippen LogP contribution in [0.2, 0.25) is 0 Å². The van der Waals surface area contributed by atoms with Crippen molar-refractivity contribution in [1.82, 2.24) is 24.5 Å². The van der Waals surface area contributed by atoms with Crippen LogP contribution in [0, 0.1) is 0 Å². The van der Waals surface area contributed by atoms with Gasteiger partial charge in [0.25, 0.3) is 0 Å². The van der Waals surface area contributed by atoms with Gasteiger partial charge in [-0.15, -0.1) is 10.2 Å². The minimum atomic E-state index is -0.393. The van der Waals surface area contributed by atoms with Gasteiger partial charge in [0.15, 0.2) is 11.2 Å². The third-order valence-corrected chi connectivity index (χ3v) is 4.41. The maximum atomic E-state index is 12.0. The molecule has 0 atom stereocenters. The second-order valence-electron chi connectivity index (χ2n) is 6.24. The summed E-state index contributed by atoms with van der Waals surface area (Å²) in [5, 5.41) is 11.1. The van der Waals surface area contributed by atoms with Gasteiger partial charge in [-0.3, -0.25) is 13.8 Å². The Labute approximate surface area is 154 Å². The summed E-state index contributed by atoms with van der Waals surface area (Å²) in [5.41, 5.74) is 2.10. The van der Waals surface area contributed by atoms with E-state index in [-0.39, 0.29) is 5.91 Å². The van der Waals surface area contributed by atoms with Gasteiger partial charge < -0.3 is 9.73 Å². The Morgan fingerprint density at radius 2 is 1.96 bits per heavy atom. The number of para-hydroxylation sites is 2. The number of pyridine rings is 1. The van der Waals surface area contributed by atoms with Crippen LogP contribution in [0.1, 0.15) is 18.7 Å². The molecule has 27 heavy (non-hydrogen) atoms. The number of aromatic nitrogens is 4. The van der Waals surface area contributed by atoms with Crippen molar-refractivity contribution in [3.05, 3.63) is 65.0 Å². The van der Waals surface area contributed by atoms with Crippen LogP contribution < -0.4 is 11.1 Å². The molecule has 0 fully saturated rings. The van der Waals surface area contributed by atoms with Gasteiger partial charge in [0.1, 0.15) is 5.82 Å². The number of aryl methyl sites for hydroxylation is 1. The third kappa shape index (κ3) is 3.59. The molecule has 0 saturated heterocycles. The molecule has 4 rings (SSSR count). The van der Waals surface area contributed by atoms with Crippen LogP contribution in [-0.2, 0) is 17.8 Å². The molecule has 3 aromatic heterocycles. The molecule has 0 spiro atoms. The first-order chi connectivity index (χ1) is 13.2. The molecule has 3 heterocycles. The topological polar surface area (TPSA) is 94.4 Å². The highest BCUT2D eigenvalue weighted by atomic mass is 16.4. The number of rotatable bonds is 7. The van der Waals surface area contributed by atoms with Crippen molar-refractivity contribution >= 4 is 22.7 Å². The summed E-state index contributed by atoms with van der Waals surface area (Å²) in [7, 11) is 0. The highest BCUT2D eigenvalue weighted by molar-refractivity contribution is 5.76. The molecule has 0 saturated carbocycles. The first kappa shape index (κ1) is 17.0. The van der Waals surface area contributed by atoms with E-state index < -0.39 is 5.76 Å². The van der Waals surface area contributed by atoms with E-state index in [4.69, 9.17) is 4.42 Å². The number of oxazole rings is 1. The van der Waals surface area contributed by atoms with Crippen LogP contribution in [0.4, 0.5) is 0 Å². The van der Waals surface area contributed by atoms with Crippen molar-refractivity contribution in [3.8, 4) is 0 Å². The van der Waals surface area contributed by atoms with E-state index in [9.17, 15) is 9.59 Å². The molecule has 138 valence electrons. The Balaban J connectivity index is 1.26. The zero-order valence-corrected chi connectivity index (χ0v) is 14.7. The molecular formula is C19H19N5O3. The molecule has 0 radical (unpaired) electrons. The van der Waals surface area contributed by atoms with Gasteiger partial charge >= 0.3 is 5.76 Å². The normalized spacial score (nSPS) is 11.3. The summed E-state index contributed by atoms with van der Waals surface area (Å²) in [5.74, 6) is 0.363. The van der Waals surface area contributed by atoms with Crippen LogP contribution >= 0.6 is 0 Å². The van der Waals surface area contributed by atoms with Gasteiger partial charge in [-0.05, 0) is 30.7 Å². The second kappa shape index (κ2) is 7.45. The Bertz CT molecular complexity index is 1140. The third-order valence-electron chi connectivity index (χ3n) is 4.41. The minimum Gasteiger partial charge on any atom is -0.408 e. The number of hydrogen-bond acceptors (Lipinski definition) is 5. The molecule has 8 heteroatoms. The average Bonchev–Trinajstić information content (AvgIpc) is 3.23. The number of fused-ring (bicyclic) bond motifs is 2. The van der Waals surface area contributed by atoms with Gasteiger partial charge in [0.2, 0.25) is 5.91 Å². The van der Waals surface area contributed by atoms with Crippen molar-refractivity contribution in [2.45, 2.75) is 25.8 Å². The summed E-state index contributed by atoms with van der Waals surface area (Å²) in [6.07, 6.45) is 3.40. The summed E-state index contributed by atoms with van der Waals surface area (Å²) >= 11 is 0. The highest BCUT2D eigenvalue weighted by Gasteiger charge is 2.10. The van der Waals surface area contributed by atoms with Crippen LogP contribution in [0.25, 0.3) is 16.7 Å². The van der Waals surface area contributed by atoms with Crippen LogP contribution in [0.3, 0.4) is 0 Å². The van der Waals surface area contributed by atoms with Gasteiger partial charge in [0, 0.05) is 32.1 Å². The van der Waals surface area contributed by atoms with Crippen molar-refractivity contribution < 1.29 is 9.21 Å². The number of nitrogens with zero attached hydrogens (tertiary/aromatic N) is 4. The van der Waals surface area contributed by atoms with E-state index in [0.29, 0.717) is 37.9 Å². The number of benzene rings is 1. The zero-order chi connectivity index (χ0) is 18.6. The lowest BCUT2D eigenvalue weighted by Gasteiger charge is -2.05. The summed E-state index contributed by atoms with van der Waals surface area (Å²) in [6.45, 7) is 0.932. The van der Waals surface area contributed by atoms with Crippen molar-refractivity contribution in [3.63, 3.8) is 0 Å². The lowest BCUT2D eigenvalue weighted by atomic mass is 10.2. The molecule has 1 N–H and O–H groups in total. The fourth-order valence-corrected chi connectivity index (χ4v) is 3.09. The quantitative estimate of drug-likeness (QED) is 0.539. The Morgan fingerprint density at radius 1 is 1.11 bits per heavy atom. The lowest BCUT2D eigenvalue weighted by molar-refractivity contribution is -0.121. The van der Waals surface area contributed by atoms with E-state index in [1.54, 1.807) is 10.6 Å². The van der Waals surface area contributed by atoms with Crippen LogP contribution in [-0.4, -0.2) is 31.6 Å². The molecule has 1 aromatic carbocycles. The minimum absolute atomic E-state index is 0.0512. The van der Waals surface area contributed by atoms with Crippen LogP contribution in [0.5, 0.6) is 0 Å². The number of amides is 1. The fourth-order valence-electron chi connectivity index (χ4n) is 3.09. The summed E-state index contributed by atoms with van der Waals surface area (Å²) < 4.78 is 8.66. The van der Waals surface area contributed by atoms with Gasteiger partial charge in [-0.25, -0.2) is 4.79 Å². The van der Waals surface area contributed by atoms with E-state index in [1.807, 2.05) is 47.0 Å². The first-order valence-electron chi connectivity index (χ1n) is 8.86. The number of carbonyl (C=O) groups is 1. The van der Waals surface area contributed by atoms with E-state index in [2.05, 4.69) is 15.5 Å². The van der Waals surface area contributed by atoms with Gasteiger partial charge in [0.05, 0.1) is 5.52 Å². The van der Waals surface area contributed by atoms with Crippen molar-refractivity contribution in [2.24, 2.45) is 0 Å². The van der Waals surface area contributed by atoms with E-state index in [1.165, 1.54) is 0 Å². The Morgan fingerprint density at radius 3 is 2.89 bits per heavy atom. The van der Waals surface area contributed by atoms with Crippen LogP contribution in [0.15, 0.2) is 57.9 Å². The molecule has 4 aromatic rings. The van der Waals surface area contributed by atoms with Gasteiger partial charge in [-0.1, -0.05) is 18.2 Å². The van der Waals surface area contributed by atoms with Gasteiger partial charge in [-0.2, -0.15) is 0 Å². The Kier molecular flexibility index (Phi) is 4.69. The predicted molar refractivity (Wildman–Crippen MR) is 99.4 cm³/mol. The van der Waals surface area contributed by atoms with E-state index >= 15 is 0 Å². The number of carbonyl (C=O) groups excluding carboxylic acids is 1. The monoisotopic (exact) mass is 365 g/mol. The summed E-state index contributed by atoms with van der Waals surface area (Å²) in [6, 6.07) is 13.0. The van der Waals surface area contributed by atoms with Crippen molar-refractivity contribution in [2.75, 3.05) is 6.54 Å². The fraction of sp³-hybridized carbons (Fsp3) is 0.263. The largest absolute Gasteiger partial charge is 0.419 e. The SMILES string of the molecule is O=C(CCCn1c(=O)oc2ccccc21)NCCc1nnc2ccccn12. The molecule has 0 unspecified atom stereocenters. The first-order valence-corrected chi connectivity index (χ1v) is 8.86. The zero-order valence-electron chi connectivity index (χ0n) is 14.7. The number of nitrogens with one attached hydrogen (secondary N) is 1. The standard InChI is InChI=1S/C19H19N5O3/c25-18(20-11-10-17-22-21-16-8-3-4-12-24(16)17)9-5-13-23-14-6-1-2-7-15(14)27-19(23)26/h1-4,6-8,12H,5,9-11,13H2,(H,20,25). The van der Waals surface area contributed by atoms with E-state index in [0.717, 1.165) is 17.0 Å².